The summed E-state index contributed by atoms with van der Waals surface area (Å²) in [4.78, 5) is 23.9. The van der Waals surface area contributed by atoms with Crippen LogP contribution in [0.4, 0.5) is 8.78 Å². The second-order valence-electron chi connectivity index (χ2n) is 5.46. The maximum Gasteiger partial charge on any atom is 0.305 e. The molecule has 0 bridgehead atoms. The smallest absolute Gasteiger partial charge is 0.305 e. The van der Waals surface area contributed by atoms with Gasteiger partial charge >= 0.3 is 5.91 Å². The Morgan fingerprint density at radius 3 is 2.38 bits per heavy atom. The fraction of sp³-hybridized carbons (Fsp3) is 0.0526. The van der Waals surface area contributed by atoms with E-state index in [0.29, 0.717) is 11.1 Å². The van der Waals surface area contributed by atoms with Crippen LogP contribution >= 0.6 is 0 Å². The summed E-state index contributed by atoms with van der Waals surface area (Å²) in [5, 5.41) is 0.791. The summed E-state index contributed by atoms with van der Waals surface area (Å²) in [5.41, 5.74) is 5.17. The highest BCUT2D eigenvalue weighted by molar-refractivity contribution is 6.00. The number of rotatable bonds is 3. The van der Waals surface area contributed by atoms with Crippen LogP contribution in [0.25, 0.3) is 17.0 Å². The molecule has 26 heavy (non-hydrogen) atoms. The highest BCUT2D eigenvalue weighted by atomic mass is 19.1. The number of furan rings is 1. The summed E-state index contributed by atoms with van der Waals surface area (Å²) in [5.74, 6) is -2.92. The molecule has 0 saturated heterocycles. The number of carbonyl (C=O) groups excluding carboxylic acids is 2. The predicted octanol–water partition coefficient (Wildman–Crippen LogP) is 3.49. The monoisotopic (exact) mass is 356 g/mol. The number of hydrogen-bond acceptors (Lipinski definition) is 3. The van der Waals surface area contributed by atoms with E-state index in [9.17, 15) is 18.4 Å². The van der Waals surface area contributed by atoms with Crippen molar-refractivity contribution in [2.45, 2.75) is 6.92 Å². The largest absolute Gasteiger partial charge is 0.451 e. The van der Waals surface area contributed by atoms with Crippen molar-refractivity contribution < 1.29 is 22.8 Å². The van der Waals surface area contributed by atoms with Gasteiger partial charge in [-0.2, -0.15) is 0 Å². The van der Waals surface area contributed by atoms with E-state index in [4.69, 9.17) is 4.42 Å². The fourth-order valence-corrected chi connectivity index (χ4v) is 2.44. The second-order valence-corrected chi connectivity index (χ2v) is 5.46. The molecule has 1 aromatic heterocycles. The van der Waals surface area contributed by atoms with E-state index in [0.717, 1.165) is 29.7 Å². The lowest BCUT2D eigenvalue weighted by Gasteiger charge is -2.04. The minimum Gasteiger partial charge on any atom is -0.451 e. The van der Waals surface area contributed by atoms with Crippen LogP contribution in [0.1, 0.15) is 21.7 Å². The molecule has 0 aliphatic heterocycles. The lowest BCUT2D eigenvalue weighted by Crippen LogP contribution is -2.40. The SMILES string of the molecule is Cc1c(C(=O)NNC(=O)C=Cc2c(F)cccc2F)oc2ccccc12. The van der Waals surface area contributed by atoms with Crippen molar-refractivity contribution in [1.82, 2.24) is 10.9 Å². The van der Waals surface area contributed by atoms with Crippen molar-refractivity contribution in [2.75, 3.05) is 0 Å². The first kappa shape index (κ1) is 17.3. The summed E-state index contributed by atoms with van der Waals surface area (Å²) in [6.45, 7) is 1.73. The maximum absolute atomic E-state index is 13.5. The Balaban J connectivity index is 1.66. The van der Waals surface area contributed by atoms with Gasteiger partial charge in [0.2, 0.25) is 0 Å². The molecule has 2 amide bonds. The molecule has 3 rings (SSSR count). The Bertz CT molecular complexity index is 1000. The van der Waals surface area contributed by atoms with Gasteiger partial charge in [-0.25, -0.2) is 8.78 Å². The molecule has 0 radical (unpaired) electrons. The Morgan fingerprint density at radius 2 is 1.69 bits per heavy atom. The standard InChI is InChI=1S/C19H14F2N2O3/c1-11-12-5-2-3-8-16(12)26-18(11)19(25)23-22-17(24)10-9-13-14(20)6-4-7-15(13)21/h2-10H,1H3,(H,22,24)(H,23,25). The van der Waals surface area contributed by atoms with Crippen LogP contribution in [0.2, 0.25) is 0 Å². The molecular formula is C19H14F2N2O3. The van der Waals surface area contributed by atoms with E-state index in [2.05, 4.69) is 10.9 Å². The Hall–Kier alpha value is -3.48. The number of hydrazine groups is 1. The van der Waals surface area contributed by atoms with Gasteiger partial charge in [0, 0.05) is 22.6 Å². The molecule has 2 aromatic carbocycles. The number of fused-ring (bicyclic) bond motifs is 1. The second kappa shape index (κ2) is 7.18. The van der Waals surface area contributed by atoms with Crippen LogP contribution in [0, 0.1) is 18.6 Å². The zero-order valence-electron chi connectivity index (χ0n) is 13.7. The van der Waals surface area contributed by atoms with Crippen molar-refractivity contribution in [1.29, 1.82) is 0 Å². The van der Waals surface area contributed by atoms with Crippen molar-refractivity contribution >= 4 is 28.9 Å². The van der Waals surface area contributed by atoms with Gasteiger partial charge in [0.25, 0.3) is 5.91 Å². The van der Waals surface area contributed by atoms with E-state index >= 15 is 0 Å². The predicted molar refractivity (Wildman–Crippen MR) is 92.0 cm³/mol. The molecule has 2 N–H and O–H groups in total. The highest BCUT2D eigenvalue weighted by Gasteiger charge is 2.17. The third kappa shape index (κ3) is 3.46. The third-order valence-electron chi connectivity index (χ3n) is 3.75. The van der Waals surface area contributed by atoms with Crippen LogP contribution in [-0.2, 0) is 4.79 Å². The summed E-state index contributed by atoms with van der Waals surface area (Å²) >= 11 is 0. The van der Waals surface area contributed by atoms with Gasteiger partial charge in [-0.1, -0.05) is 24.3 Å². The average molecular weight is 356 g/mol. The van der Waals surface area contributed by atoms with Gasteiger partial charge in [0.05, 0.1) is 0 Å². The van der Waals surface area contributed by atoms with Crippen molar-refractivity contribution in [3.8, 4) is 0 Å². The number of amides is 2. The summed E-state index contributed by atoms with van der Waals surface area (Å²) in [6, 6.07) is 10.5. The van der Waals surface area contributed by atoms with Crippen molar-refractivity contribution in [3.63, 3.8) is 0 Å². The van der Waals surface area contributed by atoms with E-state index in [1.165, 1.54) is 6.07 Å². The van der Waals surface area contributed by atoms with Gasteiger partial charge in [-0.05, 0) is 31.2 Å². The molecule has 0 aliphatic carbocycles. The van der Waals surface area contributed by atoms with E-state index in [1.807, 2.05) is 12.1 Å². The number of benzene rings is 2. The van der Waals surface area contributed by atoms with Crippen LogP contribution in [0.15, 0.2) is 53.0 Å². The molecule has 7 heteroatoms. The van der Waals surface area contributed by atoms with Crippen LogP contribution in [0.3, 0.4) is 0 Å². The lowest BCUT2D eigenvalue weighted by molar-refractivity contribution is -0.117. The topological polar surface area (TPSA) is 71.3 Å². The number of aryl methyl sites for hydroxylation is 1. The van der Waals surface area contributed by atoms with Gasteiger partial charge in [0.1, 0.15) is 17.2 Å². The van der Waals surface area contributed by atoms with E-state index in [1.54, 1.807) is 19.1 Å². The number of halogens is 2. The molecule has 5 nitrogen and oxygen atoms in total. The quantitative estimate of drug-likeness (QED) is 0.557. The fourth-order valence-electron chi connectivity index (χ4n) is 2.44. The minimum atomic E-state index is -0.795. The zero-order valence-corrected chi connectivity index (χ0v) is 13.7. The zero-order chi connectivity index (χ0) is 18.7. The average Bonchev–Trinajstić information content (AvgIpc) is 2.96. The lowest BCUT2D eigenvalue weighted by atomic mass is 10.1. The molecule has 0 unspecified atom stereocenters. The van der Waals surface area contributed by atoms with Gasteiger partial charge in [0.15, 0.2) is 5.76 Å². The Morgan fingerprint density at radius 1 is 1.00 bits per heavy atom. The normalized spacial score (nSPS) is 11.0. The first-order chi connectivity index (χ1) is 12.5. The van der Waals surface area contributed by atoms with E-state index in [-0.39, 0.29) is 11.3 Å². The molecule has 0 aliphatic rings. The molecule has 1 heterocycles. The molecule has 0 saturated carbocycles. The van der Waals surface area contributed by atoms with Crippen LogP contribution in [-0.4, -0.2) is 11.8 Å². The molecule has 3 aromatic rings. The number of nitrogens with one attached hydrogen (secondary N) is 2. The first-order valence-electron chi connectivity index (χ1n) is 7.68. The number of carbonyl (C=O) groups is 2. The molecule has 132 valence electrons. The number of hydrogen-bond donors (Lipinski definition) is 2. The third-order valence-corrected chi connectivity index (χ3v) is 3.75. The Labute approximate surface area is 147 Å². The summed E-state index contributed by atoms with van der Waals surface area (Å²) < 4.78 is 32.4. The van der Waals surface area contributed by atoms with Gasteiger partial charge in [-0.15, -0.1) is 0 Å². The number of para-hydroxylation sites is 1. The maximum atomic E-state index is 13.5. The molecule has 0 fully saturated rings. The van der Waals surface area contributed by atoms with E-state index < -0.39 is 23.4 Å². The highest BCUT2D eigenvalue weighted by Crippen LogP contribution is 2.24. The van der Waals surface area contributed by atoms with Crippen molar-refractivity contribution in [2.24, 2.45) is 0 Å². The molecule has 0 atom stereocenters. The molecular weight excluding hydrogens is 342 g/mol. The Kier molecular flexibility index (Phi) is 4.79. The van der Waals surface area contributed by atoms with Crippen LogP contribution < -0.4 is 10.9 Å². The van der Waals surface area contributed by atoms with Gasteiger partial charge < -0.3 is 4.42 Å². The van der Waals surface area contributed by atoms with Gasteiger partial charge in [-0.3, -0.25) is 20.4 Å². The van der Waals surface area contributed by atoms with Crippen LogP contribution in [0.5, 0.6) is 0 Å². The summed E-state index contributed by atoms with van der Waals surface area (Å²) in [6.07, 6.45) is 1.89. The summed E-state index contributed by atoms with van der Waals surface area (Å²) in [7, 11) is 0. The van der Waals surface area contributed by atoms with Crippen molar-refractivity contribution in [3.05, 3.63) is 77.1 Å². The minimum absolute atomic E-state index is 0.0654. The first-order valence-corrected chi connectivity index (χ1v) is 7.68. The molecule has 0 spiro atoms.